The Bertz CT molecular complexity index is 482. The summed E-state index contributed by atoms with van der Waals surface area (Å²) in [6, 6.07) is 8.50. The molecule has 0 radical (unpaired) electrons. The van der Waals surface area contributed by atoms with Gasteiger partial charge in [-0.1, -0.05) is 29.8 Å². The van der Waals surface area contributed by atoms with Gasteiger partial charge >= 0.3 is 0 Å². The molecule has 24 heavy (non-hydrogen) atoms. The van der Waals surface area contributed by atoms with Crippen molar-refractivity contribution in [3.8, 4) is 0 Å². The van der Waals surface area contributed by atoms with Gasteiger partial charge < -0.3 is 20.1 Å². The predicted octanol–water partition coefficient (Wildman–Crippen LogP) is 2.64. The van der Waals surface area contributed by atoms with E-state index in [0.717, 1.165) is 51.7 Å². The largest absolute Gasteiger partial charge is 0.379 e. The quantitative estimate of drug-likeness (QED) is 0.414. The second kappa shape index (κ2) is 11.0. The second-order valence-corrected chi connectivity index (χ2v) is 6.17. The van der Waals surface area contributed by atoms with Crippen molar-refractivity contribution in [2.45, 2.75) is 45.8 Å². The molecule has 0 spiro atoms. The Labute approximate surface area is 145 Å². The molecular weight excluding hydrogens is 302 g/mol. The Morgan fingerprint density at radius 2 is 2.12 bits per heavy atom. The topological polar surface area (TPSA) is 54.9 Å². The van der Waals surface area contributed by atoms with Crippen molar-refractivity contribution in [3.05, 3.63) is 35.4 Å². The number of aryl methyl sites for hydroxylation is 1. The van der Waals surface area contributed by atoms with Gasteiger partial charge in [-0.05, 0) is 38.7 Å². The lowest BCUT2D eigenvalue weighted by Gasteiger charge is -2.12. The minimum Gasteiger partial charge on any atom is -0.379 e. The van der Waals surface area contributed by atoms with Gasteiger partial charge in [-0.25, -0.2) is 4.99 Å². The number of nitrogens with zero attached hydrogens (tertiary/aromatic N) is 1. The highest BCUT2D eigenvalue weighted by Gasteiger charge is 2.14. The van der Waals surface area contributed by atoms with Crippen LogP contribution in [0.2, 0.25) is 0 Å². The molecule has 1 atom stereocenters. The third kappa shape index (κ3) is 7.32. The number of hydrogen-bond acceptors (Lipinski definition) is 3. The summed E-state index contributed by atoms with van der Waals surface area (Å²) >= 11 is 0. The third-order valence-corrected chi connectivity index (χ3v) is 3.97. The molecular formula is C19H31N3O2. The van der Waals surface area contributed by atoms with Crippen LogP contribution in [0.25, 0.3) is 0 Å². The third-order valence-electron chi connectivity index (χ3n) is 3.97. The van der Waals surface area contributed by atoms with Crippen molar-refractivity contribution >= 4 is 5.96 Å². The first-order valence-electron chi connectivity index (χ1n) is 9.05. The Morgan fingerprint density at radius 1 is 1.29 bits per heavy atom. The highest BCUT2D eigenvalue weighted by atomic mass is 16.5. The van der Waals surface area contributed by atoms with Crippen LogP contribution in [-0.4, -0.2) is 45.0 Å². The van der Waals surface area contributed by atoms with Gasteiger partial charge in [0.05, 0.1) is 19.3 Å². The average molecular weight is 333 g/mol. The number of guanidine groups is 1. The Hall–Kier alpha value is -1.59. The van der Waals surface area contributed by atoms with E-state index in [1.54, 1.807) is 0 Å². The summed E-state index contributed by atoms with van der Waals surface area (Å²) < 4.78 is 11.2. The van der Waals surface area contributed by atoms with E-state index in [1.165, 1.54) is 17.5 Å². The van der Waals surface area contributed by atoms with Crippen molar-refractivity contribution in [2.75, 3.05) is 32.9 Å². The lowest BCUT2D eigenvalue weighted by molar-refractivity contribution is 0.0168. The minimum absolute atomic E-state index is 0.311. The highest BCUT2D eigenvalue weighted by molar-refractivity contribution is 5.79. The highest BCUT2D eigenvalue weighted by Crippen LogP contribution is 2.11. The first-order valence-corrected chi connectivity index (χ1v) is 9.05. The first-order chi connectivity index (χ1) is 11.8. The molecule has 1 unspecified atom stereocenters. The van der Waals surface area contributed by atoms with E-state index < -0.39 is 0 Å². The average Bonchev–Trinajstić information content (AvgIpc) is 3.10. The molecule has 1 fully saturated rings. The second-order valence-electron chi connectivity index (χ2n) is 6.17. The predicted molar refractivity (Wildman–Crippen MR) is 98.4 cm³/mol. The molecule has 0 amide bonds. The maximum atomic E-state index is 5.67. The number of rotatable bonds is 9. The van der Waals surface area contributed by atoms with Crippen molar-refractivity contribution in [1.82, 2.24) is 10.6 Å². The number of hydrogen-bond donors (Lipinski definition) is 2. The molecule has 2 rings (SSSR count). The van der Waals surface area contributed by atoms with E-state index in [2.05, 4.69) is 53.7 Å². The molecule has 1 aliphatic rings. The standard InChI is InChI=1S/C19H31N3O2/c1-3-20-19(22-14-17-9-7-16(2)8-10-17)21-11-5-12-23-15-18-6-4-13-24-18/h7-10,18H,3-6,11-15H2,1-2H3,(H2,20,21,22). The van der Waals surface area contributed by atoms with Crippen LogP contribution in [0.5, 0.6) is 0 Å². The molecule has 1 heterocycles. The van der Waals surface area contributed by atoms with Crippen LogP contribution in [0.4, 0.5) is 0 Å². The maximum Gasteiger partial charge on any atom is 0.191 e. The van der Waals surface area contributed by atoms with E-state index >= 15 is 0 Å². The lowest BCUT2D eigenvalue weighted by Crippen LogP contribution is -2.38. The zero-order valence-electron chi connectivity index (χ0n) is 15.0. The molecule has 1 aromatic carbocycles. The molecule has 5 heteroatoms. The van der Waals surface area contributed by atoms with Crippen molar-refractivity contribution in [3.63, 3.8) is 0 Å². The summed E-state index contributed by atoms with van der Waals surface area (Å²) in [5.41, 5.74) is 2.49. The van der Waals surface area contributed by atoms with Gasteiger partial charge in [0.15, 0.2) is 5.96 Å². The fourth-order valence-electron chi connectivity index (χ4n) is 2.58. The molecule has 0 aromatic heterocycles. The van der Waals surface area contributed by atoms with Gasteiger partial charge in [0.2, 0.25) is 0 Å². The Kier molecular flexibility index (Phi) is 8.63. The summed E-state index contributed by atoms with van der Waals surface area (Å²) in [6.45, 7) is 8.93. The first kappa shape index (κ1) is 18.7. The lowest BCUT2D eigenvalue weighted by atomic mass is 10.1. The zero-order valence-corrected chi connectivity index (χ0v) is 15.0. The summed E-state index contributed by atoms with van der Waals surface area (Å²) in [5, 5.41) is 6.64. The van der Waals surface area contributed by atoms with Crippen LogP contribution in [0.1, 0.15) is 37.3 Å². The van der Waals surface area contributed by atoms with Crippen molar-refractivity contribution in [1.29, 1.82) is 0 Å². The fourth-order valence-corrected chi connectivity index (χ4v) is 2.58. The Balaban J connectivity index is 1.62. The molecule has 5 nitrogen and oxygen atoms in total. The van der Waals surface area contributed by atoms with Gasteiger partial charge in [0.1, 0.15) is 0 Å². The summed E-state index contributed by atoms with van der Waals surface area (Å²) in [5.74, 6) is 0.859. The smallest absolute Gasteiger partial charge is 0.191 e. The number of ether oxygens (including phenoxy) is 2. The van der Waals surface area contributed by atoms with Crippen LogP contribution in [0, 0.1) is 6.92 Å². The van der Waals surface area contributed by atoms with Crippen LogP contribution >= 0.6 is 0 Å². The van der Waals surface area contributed by atoms with Crippen LogP contribution in [0.15, 0.2) is 29.3 Å². The minimum atomic E-state index is 0.311. The molecule has 0 bridgehead atoms. The molecule has 0 saturated carbocycles. The maximum absolute atomic E-state index is 5.67. The monoisotopic (exact) mass is 333 g/mol. The number of nitrogens with one attached hydrogen (secondary N) is 2. The van der Waals surface area contributed by atoms with Gasteiger partial charge in [-0.15, -0.1) is 0 Å². The molecule has 2 N–H and O–H groups in total. The molecule has 1 aromatic rings. The number of aliphatic imine (C=N–C) groups is 1. The molecule has 1 saturated heterocycles. The zero-order chi connectivity index (χ0) is 17.0. The van der Waals surface area contributed by atoms with E-state index in [9.17, 15) is 0 Å². The molecule has 0 aliphatic carbocycles. The Morgan fingerprint density at radius 3 is 2.83 bits per heavy atom. The van der Waals surface area contributed by atoms with E-state index in [4.69, 9.17) is 9.47 Å². The van der Waals surface area contributed by atoms with Crippen LogP contribution in [0.3, 0.4) is 0 Å². The SMILES string of the molecule is CCNC(=NCc1ccc(C)cc1)NCCCOCC1CCCO1. The summed E-state index contributed by atoms with van der Waals surface area (Å²) in [6.07, 6.45) is 3.57. The van der Waals surface area contributed by atoms with E-state index in [1.807, 2.05) is 0 Å². The van der Waals surface area contributed by atoms with Crippen molar-refractivity contribution < 1.29 is 9.47 Å². The summed E-state index contributed by atoms with van der Waals surface area (Å²) in [4.78, 5) is 4.63. The van der Waals surface area contributed by atoms with Crippen LogP contribution in [-0.2, 0) is 16.0 Å². The van der Waals surface area contributed by atoms with Gasteiger partial charge in [-0.3, -0.25) is 0 Å². The molecule has 1 aliphatic heterocycles. The van der Waals surface area contributed by atoms with Gasteiger partial charge in [0.25, 0.3) is 0 Å². The molecule has 134 valence electrons. The van der Waals surface area contributed by atoms with Crippen molar-refractivity contribution in [2.24, 2.45) is 4.99 Å². The number of benzene rings is 1. The normalized spacial score (nSPS) is 17.9. The fraction of sp³-hybridized carbons (Fsp3) is 0.632. The van der Waals surface area contributed by atoms with E-state index in [-0.39, 0.29) is 0 Å². The van der Waals surface area contributed by atoms with Gasteiger partial charge in [0, 0.05) is 26.3 Å². The van der Waals surface area contributed by atoms with Crippen LogP contribution < -0.4 is 10.6 Å². The van der Waals surface area contributed by atoms with Gasteiger partial charge in [-0.2, -0.15) is 0 Å². The van der Waals surface area contributed by atoms with E-state index in [0.29, 0.717) is 12.6 Å². The summed E-state index contributed by atoms with van der Waals surface area (Å²) in [7, 11) is 0.